The topological polar surface area (TPSA) is 17.8 Å². The zero-order valence-corrected chi connectivity index (χ0v) is 10.2. The quantitative estimate of drug-likeness (QED) is 0.761. The lowest BCUT2D eigenvalue weighted by Crippen LogP contribution is -1.88. The van der Waals surface area contributed by atoms with Crippen molar-refractivity contribution in [2.75, 3.05) is 0 Å². The first-order valence-corrected chi connectivity index (χ1v) is 5.50. The van der Waals surface area contributed by atoms with E-state index >= 15 is 0 Å². The van der Waals surface area contributed by atoms with Crippen molar-refractivity contribution in [3.63, 3.8) is 0 Å². The number of benzene rings is 1. The fourth-order valence-corrected chi connectivity index (χ4v) is 2.54. The predicted molar refractivity (Wildman–Crippen MR) is 62.5 cm³/mol. The van der Waals surface area contributed by atoms with Gasteiger partial charge in [-0.05, 0) is 33.5 Å². The highest BCUT2D eigenvalue weighted by Crippen LogP contribution is 2.31. The lowest BCUT2D eigenvalue weighted by Gasteiger charge is -2.07. The zero-order valence-electron chi connectivity index (χ0n) is 8.58. The van der Waals surface area contributed by atoms with Crippen molar-refractivity contribution in [1.29, 1.82) is 0 Å². The first-order valence-electron chi connectivity index (χ1n) is 4.71. The summed E-state index contributed by atoms with van der Waals surface area (Å²) in [6.07, 6.45) is 2.05. The first kappa shape index (κ1) is 9.71. The van der Waals surface area contributed by atoms with Crippen LogP contribution >= 0.6 is 15.9 Å². The Hall–Kier alpha value is -0.830. The van der Waals surface area contributed by atoms with Crippen molar-refractivity contribution >= 4 is 26.8 Å². The van der Waals surface area contributed by atoms with E-state index in [1.54, 1.807) is 0 Å². The lowest BCUT2D eigenvalue weighted by atomic mass is 10.0. The third-order valence-corrected chi connectivity index (χ3v) is 3.28. The van der Waals surface area contributed by atoms with E-state index in [1.165, 1.54) is 15.4 Å². The molecular weight excluding hydrogens is 240 g/mol. The summed E-state index contributed by atoms with van der Waals surface area (Å²) >= 11 is 3.64. The fourth-order valence-electron chi connectivity index (χ4n) is 1.64. The van der Waals surface area contributed by atoms with Crippen LogP contribution in [0.1, 0.15) is 25.3 Å². The van der Waals surface area contributed by atoms with Gasteiger partial charge in [-0.3, -0.25) is 4.68 Å². The molecule has 0 unspecified atom stereocenters. The van der Waals surface area contributed by atoms with E-state index in [9.17, 15) is 0 Å². The molecule has 1 heterocycles. The van der Waals surface area contributed by atoms with E-state index in [0.29, 0.717) is 5.92 Å². The Kier molecular flexibility index (Phi) is 2.35. The van der Waals surface area contributed by atoms with Crippen molar-refractivity contribution in [1.82, 2.24) is 9.78 Å². The summed E-state index contributed by atoms with van der Waals surface area (Å²) in [5, 5.41) is 5.55. The van der Waals surface area contributed by atoms with Gasteiger partial charge in [0.1, 0.15) is 0 Å². The number of hydrogen-bond acceptors (Lipinski definition) is 1. The van der Waals surface area contributed by atoms with Crippen LogP contribution in [0.4, 0.5) is 0 Å². The van der Waals surface area contributed by atoms with Crippen molar-refractivity contribution in [2.45, 2.75) is 19.8 Å². The van der Waals surface area contributed by atoms with Gasteiger partial charge in [-0.2, -0.15) is 5.10 Å². The van der Waals surface area contributed by atoms with Gasteiger partial charge in [0.25, 0.3) is 0 Å². The summed E-state index contributed by atoms with van der Waals surface area (Å²) < 4.78 is 3.03. The molecular formula is C11H13BrN2. The SMILES string of the molecule is CC(C)c1ccc2nn(C)cc2c1Br. The highest BCUT2D eigenvalue weighted by molar-refractivity contribution is 9.10. The Labute approximate surface area is 92.0 Å². The Morgan fingerprint density at radius 2 is 2.07 bits per heavy atom. The second kappa shape index (κ2) is 3.39. The molecule has 1 aromatic heterocycles. The molecule has 1 aromatic carbocycles. The van der Waals surface area contributed by atoms with Crippen LogP contribution in [0.25, 0.3) is 10.9 Å². The summed E-state index contributed by atoms with van der Waals surface area (Å²) in [6, 6.07) is 4.22. The summed E-state index contributed by atoms with van der Waals surface area (Å²) in [7, 11) is 1.95. The molecule has 0 bridgehead atoms. The summed E-state index contributed by atoms with van der Waals surface area (Å²) in [4.78, 5) is 0. The molecule has 0 N–H and O–H groups in total. The van der Waals surface area contributed by atoms with E-state index in [-0.39, 0.29) is 0 Å². The Bertz CT molecular complexity index is 471. The molecule has 0 radical (unpaired) electrons. The predicted octanol–water partition coefficient (Wildman–Crippen LogP) is 3.46. The average Bonchev–Trinajstić information content (AvgIpc) is 2.46. The molecule has 0 saturated heterocycles. The number of aryl methyl sites for hydroxylation is 1. The van der Waals surface area contributed by atoms with Gasteiger partial charge < -0.3 is 0 Å². The van der Waals surface area contributed by atoms with Gasteiger partial charge in [-0.15, -0.1) is 0 Å². The average molecular weight is 253 g/mol. The molecule has 0 aliphatic carbocycles. The molecule has 74 valence electrons. The molecule has 0 atom stereocenters. The minimum atomic E-state index is 0.536. The van der Waals surface area contributed by atoms with Crippen LogP contribution in [0.15, 0.2) is 22.8 Å². The van der Waals surface area contributed by atoms with E-state index in [0.717, 1.165) is 5.52 Å². The normalized spacial score (nSPS) is 11.5. The zero-order chi connectivity index (χ0) is 10.3. The van der Waals surface area contributed by atoms with Crippen molar-refractivity contribution in [2.24, 2.45) is 7.05 Å². The van der Waals surface area contributed by atoms with Gasteiger partial charge >= 0.3 is 0 Å². The smallest absolute Gasteiger partial charge is 0.0934 e. The summed E-state index contributed by atoms with van der Waals surface area (Å²) in [5.41, 5.74) is 2.38. The molecule has 0 fully saturated rings. The monoisotopic (exact) mass is 252 g/mol. The van der Waals surface area contributed by atoms with Crippen LogP contribution in [0.5, 0.6) is 0 Å². The van der Waals surface area contributed by atoms with Gasteiger partial charge in [0, 0.05) is 23.1 Å². The van der Waals surface area contributed by atoms with E-state index in [4.69, 9.17) is 0 Å². The minimum absolute atomic E-state index is 0.536. The highest BCUT2D eigenvalue weighted by Gasteiger charge is 2.09. The molecule has 0 aliphatic heterocycles. The molecule has 2 nitrogen and oxygen atoms in total. The summed E-state index contributed by atoms with van der Waals surface area (Å²) in [6.45, 7) is 4.39. The van der Waals surface area contributed by atoms with E-state index in [1.807, 2.05) is 17.9 Å². The van der Waals surface area contributed by atoms with Gasteiger partial charge in [0.2, 0.25) is 0 Å². The maximum Gasteiger partial charge on any atom is 0.0934 e. The van der Waals surface area contributed by atoms with Gasteiger partial charge in [-0.1, -0.05) is 19.9 Å². The molecule has 14 heavy (non-hydrogen) atoms. The van der Waals surface area contributed by atoms with Crippen LogP contribution in [0, 0.1) is 0 Å². The van der Waals surface area contributed by atoms with Crippen molar-refractivity contribution in [3.8, 4) is 0 Å². The largest absolute Gasteiger partial charge is 0.275 e. The Morgan fingerprint density at radius 1 is 1.36 bits per heavy atom. The van der Waals surface area contributed by atoms with Gasteiger partial charge in [-0.25, -0.2) is 0 Å². The second-order valence-corrected chi connectivity index (χ2v) is 4.65. The molecule has 2 rings (SSSR count). The fraction of sp³-hybridized carbons (Fsp3) is 0.364. The molecule has 0 amide bonds. The maximum absolute atomic E-state index is 4.36. The van der Waals surface area contributed by atoms with Crippen molar-refractivity contribution < 1.29 is 0 Å². The van der Waals surface area contributed by atoms with Crippen LogP contribution in [-0.2, 0) is 7.05 Å². The van der Waals surface area contributed by atoms with Crippen LogP contribution in [0.3, 0.4) is 0 Å². The maximum atomic E-state index is 4.36. The number of rotatable bonds is 1. The standard InChI is InChI=1S/C11H13BrN2/c1-7(2)8-4-5-10-9(11(8)12)6-14(3)13-10/h4-7H,1-3H3. The second-order valence-electron chi connectivity index (χ2n) is 3.86. The molecule has 2 aromatic rings. The number of fused-ring (bicyclic) bond motifs is 1. The Morgan fingerprint density at radius 3 is 2.71 bits per heavy atom. The Balaban J connectivity index is 2.74. The van der Waals surface area contributed by atoms with Crippen LogP contribution < -0.4 is 0 Å². The van der Waals surface area contributed by atoms with E-state index < -0.39 is 0 Å². The number of hydrogen-bond donors (Lipinski definition) is 0. The number of aromatic nitrogens is 2. The van der Waals surface area contributed by atoms with Crippen LogP contribution in [0.2, 0.25) is 0 Å². The highest BCUT2D eigenvalue weighted by atomic mass is 79.9. The molecule has 0 saturated carbocycles. The lowest BCUT2D eigenvalue weighted by molar-refractivity contribution is 0.779. The third kappa shape index (κ3) is 1.46. The molecule has 0 spiro atoms. The minimum Gasteiger partial charge on any atom is -0.275 e. The number of nitrogens with zero attached hydrogens (tertiary/aromatic N) is 2. The molecule has 3 heteroatoms. The number of halogens is 1. The third-order valence-electron chi connectivity index (χ3n) is 2.39. The van der Waals surface area contributed by atoms with Gasteiger partial charge in [0.05, 0.1) is 5.52 Å². The van der Waals surface area contributed by atoms with Crippen LogP contribution in [-0.4, -0.2) is 9.78 Å². The van der Waals surface area contributed by atoms with Gasteiger partial charge in [0.15, 0.2) is 0 Å². The summed E-state index contributed by atoms with van der Waals surface area (Å²) in [5.74, 6) is 0.536. The molecule has 0 aliphatic rings. The first-order chi connectivity index (χ1) is 6.59. The van der Waals surface area contributed by atoms with E-state index in [2.05, 4.69) is 47.0 Å². The van der Waals surface area contributed by atoms with Crippen molar-refractivity contribution in [3.05, 3.63) is 28.4 Å².